The van der Waals surface area contributed by atoms with Crippen LogP contribution in [0.4, 0.5) is 5.69 Å². The number of likely N-dealkylation sites (N-methyl/N-ethyl adjacent to an activating group) is 1. The molecular weight excluding hydrogens is 362 g/mol. The molecule has 7 nitrogen and oxygen atoms in total. The summed E-state index contributed by atoms with van der Waals surface area (Å²) in [5.74, 6) is 0.521. The van der Waals surface area contributed by atoms with E-state index < -0.39 is 9.84 Å². The van der Waals surface area contributed by atoms with E-state index in [9.17, 15) is 13.2 Å². The van der Waals surface area contributed by atoms with Crippen molar-refractivity contribution in [2.24, 2.45) is 0 Å². The first-order valence-electron chi connectivity index (χ1n) is 7.88. The summed E-state index contributed by atoms with van der Waals surface area (Å²) in [5, 5.41) is 0.463. The number of rotatable bonds is 4. The Morgan fingerprint density at radius 2 is 1.92 bits per heavy atom. The number of carbonyl (C=O) groups excluding carboxylic acids is 1. The molecule has 1 amide bonds. The second-order valence-corrected chi connectivity index (χ2v) is 8.97. The quantitative estimate of drug-likeness (QED) is 0.695. The van der Waals surface area contributed by atoms with Gasteiger partial charge in [-0.25, -0.2) is 8.42 Å². The molecule has 2 aliphatic rings. The van der Waals surface area contributed by atoms with Crippen LogP contribution < -0.4 is 9.64 Å². The van der Waals surface area contributed by atoms with Gasteiger partial charge in [-0.15, -0.1) is 0 Å². The lowest BCUT2D eigenvalue weighted by Crippen LogP contribution is -2.44. The van der Waals surface area contributed by atoms with E-state index in [2.05, 4.69) is 0 Å². The predicted octanol–water partition coefficient (Wildman–Crippen LogP) is 0.356. The Morgan fingerprint density at radius 1 is 1.28 bits per heavy atom. The number of benzene rings is 1. The van der Waals surface area contributed by atoms with Crippen molar-refractivity contribution < 1.29 is 17.9 Å². The van der Waals surface area contributed by atoms with Crippen molar-refractivity contribution in [2.75, 3.05) is 44.2 Å². The minimum absolute atomic E-state index is 0.00413. The third kappa shape index (κ3) is 3.18. The molecule has 0 saturated carbocycles. The predicted molar refractivity (Wildman–Crippen MR) is 99.7 cm³/mol. The molecule has 2 aliphatic heterocycles. The number of anilines is 1. The summed E-state index contributed by atoms with van der Waals surface area (Å²) in [5.41, 5.74) is 0.724. The van der Waals surface area contributed by atoms with E-state index in [1.54, 1.807) is 26.1 Å². The lowest BCUT2D eigenvalue weighted by molar-refractivity contribution is -0.129. The zero-order chi connectivity index (χ0) is 18.4. The topological polar surface area (TPSA) is 70.2 Å². The number of amides is 1. The minimum Gasteiger partial charge on any atom is -0.495 e. The Morgan fingerprint density at radius 3 is 2.56 bits per heavy atom. The number of carbonyl (C=O) groups is 1. The average Bonchev–Trinajstić information content (AvgIpc) is 2.98. The Balaban J connectivity index is 2.01. The number of thiocarbonyl (C=S) groups is 1. The maximum absolute atomic E-state index is 12.2. The van der Waals surface area contributed by atoms with Crippen LogP contribution in [0.3, 0.4) is 0 Å². The highest BCUT2D eigenvalue weighted by Crippen LogP contribution is 2.39. The van der Waals surface area contributed by atoms with Gasteiger partial charge in [0, 0.05) is 14.1 Å². The largest absolute Gasteiger partial charge is 0.495 e. The van der Waals surface area contributed by atoms with E-state index in [0.29, 0.717) is 10.9 Å². The molecule has 0 N–H and O–H groups in total. The highest BCUT2D eigenvalue weighted by molar-refractivity contribution is 7.91. The molecule has 3 rings (SSSR count). The molecule has 0 bridgehead atoms. The lowest BCUT2D eigenvalue weighted by Gasteiger charge is -2.27. The minimum atomic E-state index is -3.19. The number of hydrogen-bond acceptors (Lipinski definition) is 5. The standard InChI is InChI=1S/C16H21N3O4S2/c1-17(2)15(20)8-18-12-9-25(21,22)10-13(12)19(16(18)24)11-6-4-5-7-14(11)23-3/h4-7,12-13H,8-10H2,1-3H3/t12-,13+/m0/s1. The first-order chi connectivity index (χ1) is 11.7. The summed E-state index contributed by atoms with van der Waals surface area (Å²) in [4.78, 5) is 17.2. The molecule has 1 aromatic rings. The molecule has 136 valence electrons. The maximum atomic E-state index is 12.2. The molecule has 0 aromatic heterocycles. The SMILES string of the molecule is COc1ccccc1N1C(=S)N(CC(=O)N(C)C)[C@H]2CS(=O)(=O)C[C@H]21. The third-order valence-corrected chi connectivity index (χ3v) is 6.76. The van der Waals surface area contributed by atoms with Crippen molar-refractivity contribution in [3.63, 3.8) is 0 Å². The highest BCUT2D eigenvalue weighted by Gasteiger charge is 2.52. The van der Waals surface area contributed by atoms with E-state index in [1.165, 1.54) is 4.90 Å². The molecular formula is C16H21N3O4S2. The van der Waals surface area contributed by atoms with Crippen LogP contribution in [0, 0.1) is 0 Å². The van der Waals surface area contributed by atoms with Crippen LogP contribution in [0.1, 0.15) is 0 Å². The van der Waals surface area contributed by atoms with Crippen LogP contribution in [-0.2, 0) is 14.6 Å². The first-order valence-corrected chi connectivity index (χ1v) is 10.1. The number of nitrogens with zero attached hydrogens (tertiary/aromatic N) is 3. The lowest BCUT2D eigenvalue weighted by atomic mass is 10.1. The fourth-order valence-corrected chi connectivity index (χ4v) is 5.74. The van der Waals surface area contributed by atoms with E-state index in [1.807, 2.05) is 29.2 Å². The number of fused-ring (bicyclic) bond motifs is 1. The molecule has 9 heteroatoms. The maximum Gasteiger partial charge on any atom is 0.241 e. The van der Waals surface area contributed by atoms with E-state index in [-0.39, 0.29) is 36.0 Å². The van der Waals surface area contributed by atoms with E-state index >= 15 is 0 Å². The molecule has 2 saturated heterocycles. The van der Waals surface area contributed by atoms with Gasteiger partial charge >= 0.3 is 0 Å². The van der Waals surface area contributed by atoms with E-state index in [0.717, 1.165) is 5.69 Å². The molecule has 25 heavy (non-hydrogen) atoms. The summed E-state index contributed by atoms with van der Waals surface area (Å²) < 4.78 is 29.9. The molecule has 0 radical (unpaired) electrons. The van der Waals surface area contributed by atoms with Crippen LogP contribution in [0.15, 0.2) is 24.3 Å². The molecule has 0 aliphatic carbocycles. The van der Waals surface area contributed by atoms with Crippen LogP contribution in [0.25, 0.3) is 0 Å². The van der Waals surface area contributed by atoms with Gasteiger partial charge in [-0.3, -0.25) is 4.79 Å². The van der Waals surface area contributed by atoms with Gasteiger partial charge in [0.25, 0.3) is 0 Å². The Kier molecular flexibility index (Phi) is 4.63. The third-order valence-electron chi connectivity index (χ3n) is 4.63. The Hall–Kier alpha value is -1.87. The second kappa shape index (κ2) is 6.45. The molecule has 2 fully saturated rings. The average molecular weight is 383 g/mol. The Labute approximate surface area is 153 Å². The van der Waals surface area contributed by atoms with Gasteiger partial charge in [-0.05, 0) is 24.4 Å². The molecule has 2 atom stereocenters. The zero-order valence-electron chi connectivity index (χ0n) is 14.4. The molecule has 1 aromatic carbocycles. The summed E-state index contributed by atoms with van der Waals surface area (Å²) in [6, 6.07) is 6.72. The number of hydrogen-bond donors (Lipinski definition) is 0. The monoisotopic (exact) mass is 383 g/mol. The molecule has 2 heterocycles. The van der Waals surface area contributed by atoms with Crippen molar-refractivity contribution in [1.82, 2.24) is 9.80 Å². The second-order valence-electron chi connectivity index (χ2n) is 6.45. The van der Waals surface area contributed by atoms with Crippen LogP contribution in [0.5, 0.6) is 5.75 Å². The fraction of sp³-hybridized carbons (Fsp3) is 0.500. The van der Waals surface area contributed by atoms with Crippen LogP contribution >= 0.6 is 12.2 Å². The molecule has 0 spiro atoms. The number of ether oxygens (including phenoxy) is 1. The Bertz CT molecular complexity index is 809. The van der Waals surface area contributed by atoms with Crippen LogP contribution in [0.2, 0.25) is 0 Å². The van der Waals surface area contributed by atoms with E-state index in [4.69, 9.17) is 17.0 Å². The number of para-hydroxylation sites is 2. The normalized spacial score (nSPS) is 24.4. The van der Waals surface area contributed by atoms with Gasteiger partial charge in [0.15, 0.2) is 14.9 Å². The van der Waals surface area contributed by atoms with Gasteiger partial charge in [0.1, 0.15) is 5.75 Å². The summed E-state index contributed by atoms with van der Waals surface area (Å²) in [7, 11) is 1.71. The summed E-state index contributed by atoms with van der Waals surface area (Å²) in [6.07, 6.45) is 0. The van der Waals surface area contributed by atoms with Crippen molar-refractivity contribution in [1.29, 1.82) is 0 Å². The molecule has 0 unspecified atom stereocenters. The van der Waals surface area contributed by atoms with Crippen LogP contribution in [-0.4, -0.2) is 80.6 Å². The van der Waals surface area contributed by atoms with Crippen molar-refractivity contribution in [2.45, 2.75) is 12.1 Å². The summed E-state index contributed by atoms with van der Waals surface area (Å²) >= 11 is 5.62. The smallest absolute Gasteiger partial charge is 0.241 e. The zero-order valence-corrected chi connectivity index (χ0v) is 16.0. The van der Waals surface area contributed by atoms with Crippen molar-refractivity contribution in [3.05, 3.63) is 24.3 Å². The van der Waals surface area contributed by atoms with Gasteiger partial charge in [0.05, 0.1) is 42.9 Å². The van der Waals surface area contributed by atoms with Gasteiger partial charge < -0.3 is 19.4 Å². The fourth-order valence-electron chi connectivity index (χ4n) is 3.36. The number of sulfone groups is 1. The van der Waals surface area contributed by atoms with Gasteiger partial charge in [0.2, 0.25) is 5.91 Å². The summed E-state index contributed by atoms with van der Waals surface area (Å²) in [6.45, 7) is 0.0637. The van der Waals surface area contributed by atoms with Gasteiger partial charge in [-0.2, -0.15) is 0 Å². The number of methoxy groups -OCH3 is 1. The first kappa shape index (κ1) is 17.9. The van der Waals surface area contributed by atoms with Crippen molar-refractivity contribution in [3.8, 4) is 5.75 Å². The van der Waals surface area contributed by atoms with Gasteiger partial charge in [-0.1, -0.05) is 12.1 Å². The van der Waals surface area contributed by atoms with Crippen molar-refractivity contribution >= 4 is 38.8 Å². The highest BCUT2D eigenvalue weighted by atomic mass is 32.2.